The van der Waals surface area contributed by atoms with Gasteiger partial charge in [-0.2, -0.15) is 4.31 Å². The number of hydrogen-bond acceptors (Lipinski definition) is 4. The molecule has 1 aromatic rings. The maximum Gasteiger partial charge on any atom is 0.243 e. The van der Waals surface area contributed by atoms with E-state index in [9.17, 15) is 13.2 Å². The van der Waals surface area contributed by atoms with Gasteiger partial charge in [-0.3, -0.25) is 9.69 Å². The van der Waals surface area contributed by atoms with E-state index in [0.29, 0.717) is 43.7 Å². The second kappa shape index (κ2) is 9.66. The molecule has 0 spiro atoms. The quantitative estimate of drug-likeness (QED) is 0.833. The lowest BCUT2D eigenvalue weighted by molar-refractivity contribution is -0.123. The highest BCUT2D eigenvalue weighted by atomic mass is 32.2. The summed E-state index contributed by atoms with van der Waals surface area (Å²) in [6.45, 7) is 2.38. The monoisotopic (exact) mass is 393 g/mol. The number of nitrogens with one attached hydrogen (secondary N) is 1. The average molecular weight is 394 g/mol. The fraction of sp³-hybridized carbons (Fsp3) is 0.650. The van der Waals surface area contributed by atoms with E-state index in [-0.39, 0.29) is 5.91 Å². The first-order valence-corrected chi connectivity index (χ1v) is 11.6. The zero-order chi connectivity index (χ0) is 19.1. The van der Waals surface area contributed by atoms with Gasteiger partial charge in [-0.1, -0.05) is 50.3 Å². The molecule has 0 aromatic heterocycles. The topological polar surface area (TPSA) is 69.7 Å². The maximum atomic E-state index is 12.7. The number of sulfonamides is 1. The lowest BCUT2D eigenvalue weighted by Gasteiger charge is -2.34. The summed E-state index contributed by atoms with van der Waals surface area (Å²) in [6, 6.07) is 8.85. The number of nitrogens with zero attached hydrogens (tertiary/aromatic N) is 2. The van der Waals surface area contributed by atoms with Gasteiger partial charge < -0.3 is 5.32 Å². The minimum Gasteiger partial charge on any atom is -0.352 e. The van der Waals surface area contributed by atoms with Crippen molar-refractivity contribution < 1.29 is 13.2 Å². The van der Waals surface area contributed by atoms with Crippen LogP contribution >= 0.6 is 0 Å². The molecule has 1 aliphatic carbocycles. The molecule has 0 radical (unpaired) electrons. The molecule has 6 nitrogen and oxygen atoms in total. The Balaban J connectivity index is 1.45. The van der Waals surface area contributed by atoms with Crippen molar-refractivity contribution in [2.45, 2.75) is 55.9 Å². The molecule has 0 unspecified atom stereocenters. The molecule has 1 amide bonds. The third kappa shape index (κ3) is 5.77. The first-order chi connectivity index (χ1) is 13.1. The standard InChI is InChI=1S/C20H31N3O3S/c24-20(21-18-9-5-2-1-3-6-10-18)17-22-13-15-23(16-14-22)27(25,26)19-11-7-4-8-12-19/h4,7-8,11-12,18H,1-3,5-6,9-10,13-17H2,(H,21,24). The molecular formula is C20H31N3O3S. The molecule has 1 aromatic carbocycles. The van der Waals surface area contributed by atoms with Crippen LogP contribution in [0.5, 0.6) is 0 Å². The number of rotatable bonds is 5. The Morgan fingerprint density at radius 1 is 0.926 bits per heavy atom. The summed E-state index contributed by atoms with van der Waals surface area (Å²) in [6.07, 6.45) is 8.40. The lowest BCUT2D eigenvalue weighted by atomic mass is 9.97. The summed E-state index contributed by atoms with van der Waals surface area (Å²) in [4.78, 5) is 14.8. The van der Waals surface area contributed by atoms with Crippen molar-refractivity contribution in [3.8, 4) is 0 Å². The number of hydrogen-bond donors (Lipinski definition) is 1. The van der Waals surface area contributed by atoms with E-state index in [1.165, 1.54) is 36.4 Å². The molecule has 1 saturated carbocycles. The van der Waals surface area contributed by atoms with Crippen LogP contribution in [0.4, 0.5) is 0 Å². The molecule has 0 bridgehead atoms. The fourth-order valence-corrected chi connectivity index (χ4v) is 5.39. The molecule has 2 aliphatic rings. The van der Waals surface area contributed by atoms with Crippen LogP contribution in [0.3, 0.4) is 0 Å². The summed E-state index contributed by atoms with van der Waals surface area (Å²) in [5.41, 5.74) is 0. The molecule has 1 saturated heterocycles. The molecule has 1 N–H and O–H groups in total. The summed E-state index contributed by atoms with van der Waals surface area (Å²) in [5.74, 6) is 0.0694. The first kappa shape index (κ1) is 20.3. The van der Waals surface area contributed by atoms with Gasteiger partial charge in [-0.05, 0) is 25.0 Å². The van der Waals surface area contributed by atoms with Crippen LogP contribution in [0.15, 0.2) is 35.2 Å². The van der Waals surface area contributed by atoms with Gasteiger partial charge in [0.1, 0.15) is 0 Å². The molecule has 150 valence electrons. The van der Waals surface area contributed by atoms with E-state index < -0.39 is 10.0 Å². The highest BCUT2D eigenvalue weighted by Crippen LogP contribution is 2.18. The minimum atomic E-state index is -3.44. The van der Waals surface area contributed by atoms with Crippen LogP contribution < -0.4 is 5.32 Å². The number of amides is 1. The zero-order valence-corrected chi connectivity index (χ0v) is 16.8. The van der Waals surface area contributed by atoms with Crippen LogP contribution in [-0.4, -0.2) is 62.3 Å². The number of benzene rings is 1. The Hall–Kier alpha value is -1.44. The van der Waals surface area contributed by atoms with Crippen molar-refractivity contribution in [2.24, 2.45) is 0 Å². The van der Waals surface area contributed by atoms with E-state index in [0.717, 1.165) is 12.8 Å². The van der Waals surface area contributed by atoms with E-state index in [2.05, 4.69) is 10.2 Å². The lowest BCUT2D eigenvalue weighted by Crippen LogP contribution is -2.51. The summed E-state index contributed by atoms with van der Waals surface area (Å²) in [5, 5.41) is 3.19. The normalized spacial score (nSPS) is 21.3. The van der Waals surface area contributed by atoms with E-state index >= 15 is 0 Å². The smallest absolute Gasteiger partial charge is 0.243 e. The highest BCUT2D eigenvalue weighted by molar-refractivity contribution is 7.89. The maximum absolute atomic E-state index is 12.7. The van der Waals surface area contributed by atoms with E-state index in [4.69, 9.17) is 0 Å². The van der Waals surface area contributed by atoms with Gasteiger partial charge in [-0.25, -0.2) is 8.42 Å². The predicted molar refractivity (Wildman–Crippen MR) is 106 cm³/mol. The molecule has 1 aliphatic heterocycles. The van der Waals surface area contributed by atoms with Crippen LogP contribution in [0.2, 0.25) is 0 Å². The second-order valence-electron chi connectivity index (χ2n) is 7.60. The van der Waals surface area contributed by atoms with Gasteiger partial charge in [-0.15, -0.1) is 0 Å². The third-order valence-electron chi connectivity index (χ3n) is 5.55. The Morgan fingerprint density at radius 2 is 1.52 bits per heavy atom. The average Bonchev–Trinajstić information content (AvgIpc) is 2.65. The van der Waals surface area contributed by atoms with Crippen molar-refractivity contribution in [1.82, 2.24) is 14.5 Å². The minimum absolute atomic E-state index is 0.0694. The number of piperazine rings is 1. The SMILES string of the molecule is O=C(CN1CCN(S(=O)(=O)c2ccccc2)CC1)NC1CCCCCCC1. The highest BCUT2D eigenvalue weighted by Gasteiger charge is 2.29. The molecule has 2 fully saturated rings. The Labute approximate surface area is 163 Å². The van der Waals surface area contributed by atoms with Crippen LogP contribution in [0.1, 0.15) is 44.9 Å². The molecule has 1 heterocycles. The molecule has 7 heteroatoms. The van der Waals surface area contributed by atoms with Crippen LogP contribution in [-0.2, 0) is 14.8 Å². The fourth-order valence-electron chi connectivity index (χ4n) is 3.95. The first-order valence-electron chi connectivity index (χ1n) is 10.1. The predicted octanol–water partition coefficient (Wildman–Crippen LogP) is 2.22. The van der Waals surface area contributed by atoms with Gasteiger partial charge in [0.05, 0.1) is 11.4 Å². The van der Waals surface area contributed by atoms with Crippen molar-refractivity contribution >= 4 is 15.9 Å². The number of carbonyl (C=O) groups is 1. The van der Waals surface area contributed by atoms with E-state index in [1.54, 1.807) is 24.3 Å². The van der Waals surface area contributed by atoms with Gasteiger partial charge in [0.2, 0.25) is 15.9 Å². The molecule has 27 heavy (non-hydrogen) atoms. The van der Waals surface area contributed by atoms with Crippen molar-refractivity contribution in [1.29, 1.82) is 0 Å². The van der Waals surface area contributed by atoms with Gasteiger partial charge in [0.25, 0.3) is 0 Å². The van der Waals surface area contributed by atoms with Crippen LogP contribution in [0, 0.1) is 0 Å². The van der Waals surface area contributed by atoms with Crippen molar-refractivity contribution in [3.05, 3.63) is 30.3 Å². The van der Waals surface area contributed by atoms with Crippen LogP contribution in [0.25, 0.3) is 0 Å². The largest absolute Gasteiger partial charge is 0.352 e. The van der Waals surface area contributed by atoms with Gasteiger partial charge in [0.15, 0.2) is 0 Å². The van der Waals surface area contributed by atoms with Crippen molar-refractivity contribution in [3.63, 3.8) is 0 Å². The van der Waals surface area contributed by atoms with Gasteiger partial charge >= 0.3 is 0 Å². The third-order valence-corrected chi connectivity index (χ3v) is 7.46. The molecule has 3 rings (SSSR count). The Bertz CT molecular complexity index is 692. The van der Waals surface area contributed by atoms with Gasteiger partial charge in [0, 0.05) is 32.2 Å². The summed E-state index contributed by atoms with van der Waals surface area (Å²) < 4.78 is 26.9. The van der Waals surface area contributed by atoms with E-state index in [1.807, 2.05) is 6.07 Å². The molecule has 0 atom stereocenters. The second-order valence-corrected chi connectivity index (χ2v) is 9.54. The summed E-state index contributed by atoms with van der Waals surface area (Å²) >= 11 is 0. The zero-order valence-electron chi connectivity index (χ0n) is 16.0. The Morgan fingerprint density at radius 3 is 2.15 bits per heavy atom. The van der Waals surface area contributed by atoms with Crippen molar-refractivity contribution in [2.75, 3.05) is 32.7 Å². The molecular weight excluding hydrogens is 362 g/mol. The summed E-state index contributed by atoms with van der Waals surface area (Å²) in [7, 11) is -3.44. The number of carbonyl (C=O) groups excluding carboxylic acids is 1. The Kier molecular flexibility index (Phi) is 7.26.